The van der Waals surface area contributed by atoms with Crippen LogP contribution in [0, 0.1) is 17.6 Å². The summed E-state index contributed by atoms with van der Waals surface area (Å²) in [5.74, 6) is -0.973. The van der Waals surface area contributed by atoms with Crippen molar-refractivity contribution in [2.75, 3.05) is 0 Å². The molecule has 1 aliphatic rings. The molecule has 1 saturated carbocycles. The lowest BCUT2D eigenvalue weighted by Crippen LogP contribution is -2.15. The van der Waals surface area contributed by atoms with Gasteiger partial charge in [0.15, 0.2) is 11.6 Å². The lowest BCUT2D eigenvalue weighted by molar-refractivity contribution is 0.304. The van der Waals surface area contributed by atoms with Gasteiger partial charge in [0, 0.05) is 0 Å². The maximum absolute atomic E-state index is 14.7. The molecular formula is C34H40F2O. The van der Waals surface area contributed by atoms with Crippen LogP contribution in [0.2, 0.25) is 0 Å². The topological polar surface area (TPSA) is 9.23 Å². The van der Waals surface area contributed by atoms with Crippen LogP contribution in [0.5, 0.6) is 5.75 Å². The van der Waals surface area contributed by atoms with E-state index in [0.29, 0.717) is 11.5 Å². The summed E-state index contributed by atoms with van der Waals surface area (Å²) < 4.78 is 34.3. The third-order valence-corrected chi connectivity index (χ3v) is 7.85. The molecule has 3 aromatic carbocycles. The predicted octanol–water partition coefficient (Wildman–Crippen LogP) is 10.2. The second kappa shape index (κ2) is 13.6. The Morgan fingerprint density at radius 2 is 1.38 bits per heavy atom. The Balaban J connectivity index is 1.25. The summed E-state index contributed by atoms with van der Waals surface area (Å²) in [6, 6.07) is 21.2. The highest BCUT2D eigenvalue weighted by molar-refractivity contribution is 5.64. The number of aryl methyl sites for hydroxylation is 2. The molecule has 0 saturated heterocycles. The molecular weight excluding hydrogens is 462 g/mol. The second-order valence-corrected chi connectivity index (χ2v) is 10.5. The van der Waals surface area contributed by atoms with E-state index >= 15 is 0 Å². The lowest BCUT2D eigenvalue weighted by atomic mass is 9.76. The van der Waals surface area contributed by atoms with E-state index in [2.05, 4.69) is 55.5 Å². The van der Waals surface area contributed by atoms with Crippen LogP contribution < -0.4 is 4.74 Å². The lowest BCUT2D eigenvalue weighted by Gasteiger charge is -2.29. The molecule has 0 aliphatic heterocycles. The van der Waals surface area contributed by atoms with Crippen molar-refractivity contribution in [1.29, 1.82) is 0 Å². The summed E-state index contributed by atoms with van der Waals surface area (Å²) in [5.41, 5.74) is 5.82. The van der Waals surface area contributed by atoms with Gasteiger partial charge in [0.25, 0.3) is 0 Å². The highest BCUT2D eigenvalue weighted by Gasteiger charge is 2.26. The first-order chi connectivity index (χ1) is 18.1. The van der Waals surface area contributed by atoms with Crippen molar-refractivity contribution in [3.05, 3.63) is 101 Å². The number of allylic oxidation sites excluding steroid dienone is 1. The largest absolute Gasteiger partial charge is 0.462 e. The van der Waals surface area contributed by atoms with Gasteiger partial charge in [-0.15, -0.1) is 0 Å². The van der Waals surface area contributed by atoms with Gasteiger partial charge in [0.1, 0.15) is 0 Å². The van der Waals surface area contributed by atoms with Gasteiger partial charge in [-0.3, -0.25) is 0 Å². The van der Waals surface area contributed by atoms with Crippen LogP contribution in [0.25, 0.3) is 11.1 Å². The highest BCUT2D eigenvalue weighted by atomic mass is 19.2. The summed E-state index contributed by atoms with van der Waals surface area (Å²) in [5, 5.41) is 0. The molecule has 0 aromatic heterocycles. The minimum absolute atomic E-state index is 0.0570. The maximum atomic E-state index is 14.7. The molecule has 4 rings (SSSR count). The molecule has 0 radical (unpaired) electrons. The zero-order chi connectivity index (χ0) is 26.0. The van der Waals surface area contributed by atoms with Crippen LogP contribution in [0.15, 0.2) is 73.0 Å². The zero-order valence-electron chi connectivity index (χ0n) is 22.3. The number of rotatable bonds is 11. The van der Waals surface area contributed by atoms with Gasteiger partial charge in [-0.25, -0.2) is 4.39 Å². The van der Waals surface area contributed by atoms with E-state index in [9.17, 15) is 8.78 Å². The van der Waals surface area contributed by atoms with Crippen LogP contribution in [0.1, 0.15) is 87.8 Å². The molecule has 0 bridgehead atoms. The van der Waals surface area contributed by atoms with Crippen LogP contribution in [0.4, 0.5) is 8.78 Å². The van der Waals surface area contributed by atoms with Crippen LogP contribution in [-0.2, 0) is 12.8 Å². The van der Waals surface area contributed by atoms with E-state index < -0.39 is 11.6 Å². The molecule has 0 spiro atoms. The molecule has 3 aromatic rings. The third-order valence-electron chi connectivity index (χ3n) is 7.85. The summed E-state index contributed by atoms with van der Waals surface area (Å²) in [4.78, 5) is 0. The van der Waals surface area contributed by atoms with Gasteiger partial charge in [-0.2, -0.15) is 4.39 Å². The molecule has 3 heteroatoms. The second-order valence-electron chi connectivity index (χ2n) is 10.5. The van der Waals surface area contributed by atoms with Gasteiger partial charge < -0.3 is 4.74 Å². The summed E-state index contributed by atoms with van der Waals surface area (Å²) in [6.07, 6.45) is 14.1. The van der Waals surface area contributed by atoms with Crippen LogP contribution in [-0.4, -0.2) is 0 Å². The SMILES string of the molecule is CC=COc1ccc(C2CCC(CCc3ccc(-c4ccc(CCCCC)cc4)cc3)CC2)c(F)c1F. The molecule has 0 amide bonds. The fourth-order valence-electron chi connectivity index (χ4n) is 5.53. The van der Waals surface area contributed by atoms with Crippen molar-refractivity contribution < 1.29 is 13.5 Å². The van der Waals surface area contributed by atoms with Crippen molar-refractivity contribution in [1.82, 2.24) is 0 Å². The summed E-state index contributed by atoms with van der Waals surface area (Å²) in [6.45, 7) is 4.01. The molecule has 1 fully saturated rings. The zero-order valence-corrected chi connectivity index (χ0v) is 22.3. The molecule has 0 unspecified atom stereocenters. The van der Waals surface area contributed by atoms with Crippen molar-refractivity contribution in [2.45, 2.75) is 84.0 Å². The summed E-state index contributed by atoms with van der Waals surface area (Å²) >= 11 is 0. The van der Waals surface area contributed by atoms with Crippen LogP contribution >= 0.6 is 0 Å². The fraction of sp³-hybridized carbons (Fsp3) is 0.412. The van der Waals surface area contributed by atoms with Gasteiger partial charge >= 0.3 is 0 Å². The van der Waals surface area contributed by atoms with Crippen molar-refractivity contribution in [3.63, 3.8) is 0 Å². The molecule has 1 nitrogen and oxygen atoms in total. The smallest absolute Gasteiger partial charge is 0.201 e. The van der Waals surface area contributed by atoms with E-state index in [-0.39, 0.29) is 11.7 Å². The van der Waals surface area contributed by atoms with E-state index in [1.807, 2.05) is 0 Å². The predicted molar refractivity (Wildman–Crippen MR) is 150 cm³/mol. The summed E-state index contributed by atoms with van der Waals surface area (Å²) in [7, 11) is 0. The number of hydrogen-bond donors (Lipinski definition) is 0. The quantitative estimate of drug-likeness (QED) is 0.187. The van der Waals surface area contributed by atoms with E-state index in [0.717, 1.165) is 38.5 Å². The van der Waals surface area contributed by atoms with Gasteiger partial charge in [0.2, 0.25) is 5.82 Å². The van der Waals surface area contributed by atoms with Gasteiger partial charge in [-0.05, 0) is 104 Å². The van der Waals surface area contributed by atoms with Crippen LogP contribution in [0.3, 0.4) is 0 Å². The van der Waals surface area contributed by atoms with Crippen molar-refractivity contribution >= 4 is 0 Å². The van der Waals surface area contributed by atoms with Crippen molar-refractivity contribution in [2.24, 2.45) is 5.92 Å². The normalized spacial score (nSPS) is 17.8. The first kappa shape index (κ1) is 27.1. The molecule has 0 heterocycles. The Bertz CT molecular complexity index is 1140. The third kappa shape index (κ3) is 7.31. The average Bonchev–Trinajstić information content (AvgIpc) is 2.94. The van der Waals surface area contributed by atoms with Gasteiger partial charge in [0.05, 0.1) is 6.26 Å². The first-order valence-electron chi connectivity index (χ1n) is 14.0. The molecule has 0 N–H and O–H groups in total. The number of unbranched alkanes of at least 4 members (excludes halogenated alkanes) is 2. The van der Waals surface area contributed by atoms with E-state index in [1.165, 1.54) is 54.2 Å². The van der Waals surface area contributed by atoms with Gasteiger partial charge in [-0.1, -0.05) is 80.4 Å². The number of benzene rings is 3. The molecule has 37 heavy (non-hydrogen) atoms. The Hall–Kier alpha value is -2.94. The van der Waals surface area contributed by atoms with E-state index in [1.54, 1.807) is 25.1 Å². The first-order valence-corrected chi connectivity index (χ1v) is 14.0. The molecule has 196 valence electrons. The minimum atomic E-state index is -0.885. The van der Waals surface area contributed by atoms with Crippen molar-refractivity contribution in [3.8, 4) is 16.9 Å². The Morgan fingerprint density at radius 3 is 1.97 bits per heavy atom. The Labute approximate surface area is 221 Å². The molecule has 0 atom stereocenters. The minimum Gasteiger partial charge on any atom is -0.462 e. The Kier molecular flexibility index (Phi) is 9.93. The average molecular weight is 503 g/mol. The molecule has 1 aliphatic carbocycles. The highest BCUT2D eigenvalue weighted by Crippen LogP contribution is 2.40. The fourth-order valence-corrected chi connectivity index (χ4v) is 5.53. The number of ether oxygens (including phenoxy) is 1. The van der Waals surface area contributed by atoms with E-state index in [4.69, 9.17) is 4.74 Å². The maximum Gasteiger partial charge on any atom is 0.201 e. The number of hydrogen-bond acceptors (Lipinski definition) is 1. The number of halogens is 2. The standard InChI is InChI=1S/C34H40F2O/c1-3-5-6-7-25-10-16-28(17-11-25)29-18-12-26(13-19-29)8-9-27-14-20-30(21-15-27)31-22-23-32(37-24-4-2)34(36)33(31)35/h4,10-13,16-19,22-24,27,30H,3,5-9,14-15,20-21H2,1-2H3. The monoisotopic (exact) mass is 502 g/mol. The Morgan fingerprint density at radius 1 is 0.757 bits per heavy atom.